The predicted octanol–water partition coefficient (Wildman–Crippen LogP) is 5.22. The second-order valence-electron chi connectivity index (χ2n) is 6.68. The van der Waals surface area contributed by atoms with Crippen molar-refractivity contribution < 1.29 is 5.11 Å². The van der Waals surface area contributed by atoms with Gasteiger partial charge in [0.05, 0.1) is 6.10 Å². The summed E-state index contributed by atoms with van der Waals surface area (Å²) in [5, 5.41) is 11.1. The van der Waals surface area contributed by atoms with Gasteiger partial charge in [0.25, 0.3) is 0 Å². The third-order valence-electron chi connectivity index (χ3n) is 3.82. The first-order valence-corrected chi connectivity index (χ1v) is 7.69. The van der Waals surface area contributed by atoms with Gasteiger partial charge in [-0.15, -0.1) is 0 Å². The number of hydrogen-bond acceptors (Lipinski definition) is 1. The Balaban J connectivity index is 2.12. The fourth-order valence-electron chi connectivity index (χ4n) is 2.36. The highest BCUT2D eigenvalue weighted by Crippen LogP contribution is 2.26. The van der Waals surface area contributed by atoms with Crippen LogP contribution in [0.2, 0.25) is 5.02 Å². The smallest absolute Gasteiger partial charge is 0.0830 e. The van der Waals surface area contributed by atoms with Gasteiger partial charge in [0.1, 0.15) is 0 Å². The third kappa shape index (κ3) is 4.09. The van der Waals surface area contributed by atoms with Crippen LogP contribution < -0.4 is 0 Å². The fraction of sp³-hybridized carbons (Fsp3) is 0.368. The zero-order chi connectivity index (χ0) is 15.6. The number of aryl methyl sites for hydroxylation is 1. The molecule has 0 bridgehead atoms. The Hall–Kier alpha value is -1.31. The van der Waals surface area contributed by atoms with E-state index < -0.39 is 6.10 Å². The highest BCUT2D eigenvalue weighted by Gasteiger charge is 2.14. The van der Waals surface area contributed by atoms with E-state index in [1.165, 1.54) is 5.56 Å². The molecule has 0 saturated heterocycles. The Morgan fingerprint density at radius 3 is 2.19 bits per heavy atom. The number of rotatable bonds is 3. The number of aliphatic hydroxyl groups is 1. The Bertz CT molecular complexity index is 608. The van der Waals surface area contributed by atoms with Crippen LogP contribution in [0.5, 0.6) is 0 Å². The van der Waals surface area contributed by atoms with Crippen LogP contribution in [0.15, 0.2) is 42.5 Å². The van der Waals surface area contributed by atoms with Crippen molar-refractivity contribution in [3.8, 4) is 0 Å². The van der Waals surface area contributed by atoms with E-state index in [-0.39, 0.29) is 5.41 Å². The minimum Gasteiger partial charge on any atom is -0.388 e. The second kappa shape index (κ2) is 6.21. The van der Waals surface area contributed by atoms with Gasteiger partial charge in [0, 0.05) is 11.4 Å². The van der Waals surface area contributed by atoms with Crippen LogP contribution in [0.1, 0.15) is 49.1 Å². The molecule has 2 heteroatoms. The molecule has 2 rings (SSSR count). The highest BCUT2D eigenvalue weighted by atomic mass is 35.5. The van der Waals surface area contributed by atoms with Crippen molar-refractivity contribution in [1.29, 1.82) is 0 Å². The first-order valence-electron chi connectivity index (χ1n) is 7.31. The number of benzene rings is 2. The summed E-state index contributed by atoms with van der Waals surface area (Å²) in [6.45, 7) is 8.56. The molecule has 0 aliphatic carbocycles. The fourth-order valence-corrected chi connectivity index (χ4v) is 2.47. The van der Waals surface area contributed by atoms with Gasteiger partial charge in [-0.1, -0.05) is 68.8 Å². The van der Waals surface area contributed by atoms with E-state index in [1.807, 2.05) is 25.1 Å². The molecule has 0 saturated carbocycles. The maximum atomic E-state index is 10.4. The van der Waals surface area contributed by atoms with Crippen molar-refractivity contribution in [2.24, 2.45) is 0 Å². The van der Waals surface area contributed by atoms with Crippen LogP contribution in [0.25, 0.3) is 0 Å². The van der Waals surface area contributed by atoms with Gasteiger partial charge >= 0.3 is 0 Å². The molecule has 112 valence electrons. The summed E-state index contributed by atoms with van der Waals surface area (Å²) in [4.78, 5) is 0. The van der Waals surface area contributed by atoms with Crippen LogP contribution >= 0.6 is 11.6 Å². The quantitative estimate of drug-likeness (QED) is 0.824. The summed E-state index contributed by atoms with van der Waals surface area (Å²) >= 11 is 6.02. The zero-order valence-corrected chi connectivity index (χ0v) is 13.9. The normalized spacial score (nSPS) is 13.2. The molecule has 2 aromatic carbocycles. The molecule has 2 aromatic rings. The van der Waals surface area contributed by atoms with Crippen LogP contribution in [-0.4, -0.2) is 5.11 Å². The molecule has 1 nitrogen and oxygen atoms in total. The van der Waals surface area contributed by atoms with E-state index in [9.17, 15) is 5.11 Å². The van der Waals surface area contributed by atoms with Crippen molar-refractivity contribution in [1.82, 2.24) is 0 Å². The van der Waals surface area contributed by atoms with Crippen LogP contribution in [0.4, 0.5) is 0 Å². The van der Waals surface area contributed by atoms with Gasteiger partial charge in [-0.25, -0.2) is 0 Å². The maximum Gasteiger partial charge on any atom is 0.0830 e. The molecule has 1 N–H and O–H groups in total. The van der Waals surface area contributed by atoms with E-state index >= 15 is 0 Å². The van der Waals surface area contributed by atoms with Gasteiger partial charge in [-0.05, 0) is 40.7 Å². The zero-order valence-electron chi connectivity index (χ0n) is 13.2. The molecule has 0 spiro atoms. The molecule has 0 aliphatic rings. The van der Waals surface area contributed by atoms with Crippen LogP contribution in [-0.2, 0) is 11.8 Å². The number of halogens is 1. The number of hydrogen-bond donors (Lipinski definition) is 1. The molecular weight excluding hydrogens is 280 g/mol. The lowest BCUT2D eigenvalue weighted by atomic mass is 9.86. The Morgan fingerprint density at radius 1 is 1.05 bits per heavy atom. The van der Waals surface area contributed by atoms with Gasteiger partial charge in [-0.3, -0.25) is 0 Å². The van der Waals surface area contributed by atoms with Gasteiger partial charge in [-0.2, -0.15) is 0 Å². The highest BCUT2D eigenvalue weighted by molar-refractivity contribution is 6.31. The lowest BCUT2D eigenvalue weighted by Crippen LogP contribution is -2.11. The molecule has 21 heavy (non-hydrogen) atoms. The van der Waals surface area contributed by atoms with Crippen LogP contribution in [0.3, 0.4) is 0 Å². The Morgan fingerprint density at radius 2 is 1.67 bits per heavy atom. The first kappa shape index (κ1) is 16.1. The minimum absolute atomic E-state index is 0.157. The van der Waals surface area contributed by atoms with Gasteiger partial charge < -0.3 is 5.11 Å². The van der Waals surface area contributed by atoms with Crippen molar-refractivity contribution in [3.05, 3.63) is 69.7 Å². The summed E-state index contributed by atoms with van der Waals surface area (Å²) in [5.74, 6) is 0. The van der Waals surface area contributed by atoms with Gasteiger partial charge in [0.15, 0.2) is 0 Å². The predicted molar refractivity (Wildman–Crippen MR) is 90.0 cm³/mol. The lowest BCUT2D eigenvalue weighted by molar-refractivity contribution is 0.178. The summed E-state index contributed by atoms with van der Waals surface area (Å²) in [6.07, 6.45) is 0.118. The van der Waals surface area contributed by atoms with E-state index in [2.05, 4.69) is 45.0 Å². The van der Waals surface area contributed by atoms with Crippen molar-refractivity contribution in [2.45, 2.75) is 45.6 Å². The van der Waals surface area contributed by atoms with E-state index in [4.69, 9.17) is 11.6 Å². The SMILES string of the molecule is Cc1cc(C(O)Cc2ccc(C(C)(C)C)cc2)ccc1Cl. The molecule has 0 heterocycles. The monoisotopic (exact) mass is 302 g/mol. The molecule has 0 fully saturated rings. The summed E-state index contributed by atoms with van der Waals surface area (Å²) < 4.78 is 0. The molecule has 1 atom stereocenters. The van der Waals surface area contributed by atoms with E-state index in [0.717, 1.165) is 21.7 Å². The van der Waals surface area contributed by atoms with Crippen molar-refractivity contribution >= 4 is 11.6 Å². The Labute approximate surface area is 132 Å². The Kier molecular flexibility index (Phi) is 4.75. The standard InChI is InChI=1S/C19H23ClO/c1-13-11-15(7-10-17(13)20)18(21)12-14-5-8-16(9-6-14)19(2,3)4/h5-11,18,21H,12H2,1-4H3. The summed E-state index contributed by atoms with van der Waals surface area (Å²) in [6, 6.07) is 14.2. The molecular formula is C19H23ClO. The molecule has 1 unspecified atom stereocenters. The average Bonchev–Trinajstić information content (AvgIpc) is 2.41. The second-order valence-corrected chi connectivity index (χ2v) is 7.08. The molecule has 0 aliphatic heterocycles. The van der Waals surface area contributed by atoms with Crippen molar-refractivity contribution in [3.63, 3.8) is 0 Å². The number of aliphatic hydroxyl groups excluding tert-OH is 1. The van der Waals surface area contributed by atoms with Gasteiger partial charge in [0.2, 0.25) is 0 Å². The molecule has 0 radical (unpaired) electrons. The lowest BCUT2D eigenvalue weighted by Gasteiger charge is -2.19. The van der Waals surface area contributed by atoms with E-state index in [0.29, 0.717) is 6.42 Å². The minimum atomic E-state index is -0.499. The summed E-state index contributed by atoms with van der Waals surface area (Å²) in [5.41, 5.74) is 4.52. The first-order chi connectivity index (χ1) is 9.77. The average molecular weight is 303 g/mol. The summed E-state index contributed by atoms with van der Waals surface area (Å²) in [7, 11) is 0. The van der Waals surface area contributed by atoms with Crippen molar-refractivity contribution in [2.75, 3.05) is 0 Å². The molecule has 0 aromatic heterocycles. The van der Waals surface area contributed by atoms with Crippen LogP contribution in [0, 0.1) is 6.92 Å². The van der Waals surface area contributed by atoms with E-state index in [1.54, 1.807) is 0 Å². The third-order valence-corrected chi connectivity index (χ3v) is 4.24. The molecule has 0 amide bonds. The topological polar surface area (TPSA) is 20.2 Å². The largest absolute Gasteiger partial charge is 0.388 e. The maximum absolute atomic E-state index is 10.4.